The van der Waals surface area contributed by atoms with Crippen molar-refractivity contribution in [1.82, 2.24) is 9.97 Å². The summed E-state index contributed by atoms with van der Waals surface area (Å²) in [6.45, 7) is 2.86. The van der Waals surface area contributed by atoms with Crippen molar-refractivity contribution in [3.63, 3.8) is 0 Å². The zero-order valence-corrected chi connectivity index (χ0v) is 15.8. The van der Waals surface area contributed by atoms with Crippen LogP contribution in [-0.4, -0.2) is 56.3 Å². The van der Waals surface area contributed by atoms with Gasteiger partial charge in [-0.1, -0.05) is 15.9 Å². The van der Waals surface area contributed by atoms with E-state index >= 15 is 0 Å². The normalized spacial score (nSPS) is 14.3. The zero-order chi connectivity index (χ0) is 17.8. The smallest absolute Gasteiger partial charge is 0.255 e. The summed E-state index contributed by atoms with van der Waals surface area (Å²) in [6.07, 6.45) is 1.66. The highest BCUT2D eigenvalue weighted by Gasteiger charge is 2.18. The molecule has 132 valence electrons. The monoisotopic (exact) mass is 405 g/mol. The molecule has 1 fully saturated rings. The van der Waals surface area contributed by atoms with Crippen molar-refractivity contribution >= 4 is 39.3 Å². The first-order chi connectivity index (χ1) is 12.0. The molecule has 1 aromatic heterocycles. The Labute approximate surface area is 155 Å². The lowest BCUT2D eigenvalue weighted by atomic mass is 10.2. The summed E-state index contributed by atoms with van der Waals surface area (Å²) in [5.74, 6) is 1.12. The van der Waals surface area contributed by atoms with Gasteiger partial charge in [0.15, 0.2) is 5.82 Å². The number of hydrogen-bond donors (Lipinski definition) is 1. The SMILES string of the molecule is CN(C)c1nc(N2CCOCC2)ncc1NC(=O)c1ccc(Br)cc1. The van der Waals surface area contributed by atoms with E-state index in [1.165, 1.54) is 0 Å². The first-order valence-corrected chi connectivity index (χ1v) is 8.78. The number of hydrogen-bond acceptors (Lipinski definition) is 6. The average Bonchev–Trinajstić information content (AvgIpc) is 2.63. The van der Waals surface area contributed by atoms with Crippen molar-refractivity contribution in [3.8, 4) is 0 Å². The molecule has 1 amide bonds. The van der Waals surface area contributed by atoms with E-state index in [2.05, 4.69) is 36.1 Å². The first kappa shape index (κ1) is 17.6. The van der Waals surface area contributed by atoms with Gasteiger partial charge in [0.05, 0.1) is 19.4 Å². The summed E-state index contributed by atoms with van der Waals surface area (Å²) in [5, 5.41) is 2.89. The molecule has 1 aliphatic rings. The van der Waals surface area contributed by atoms with Crippen LogP contribution in [0.3, 0.4) is 0 Å². The van der Waals surface area contributed by atoms with Crippen LogP contribution < -0.4 is 15.1 Å². The van der Waals surface area contributed by atoms with Crippen molar-refractivity contribution in [2.45, 2.75) is 0 Å². The van der Waals surface area contributed by atoms with E-state index in [1.807, 2.05) is 31.1 Å². The number of aromatic nitrogens is 2. The molecule has 1 aliphatic heterocycles. The lowest BCUT2D eigenvalue weighted by molar-refractivity contribution is 0.102. The van der Waals surface area contributed by atoms with E-state index in [0.717, 1.165) is 17.6 Å². The standard InChI is InChI=1S/C17H20BrN5O2/c1-22(2)15-14(20-16(24)12-3-5-13(18)6-4-12)11-19-17(21-15)23-7-9-25-10-8-23/h3-6,11H,7-10H2,1-2H3,(H,20,24). The van der Waals surface area contributed by atoms with Gasteiger partial charge in [-0.2, -0.15) is 4.98 Å². The predicted molar refractivity (Wildman–Crippen MR) is 101 cm³/mol. The quantitative estimate of drug-likeness (QED) is 0.841. The lowest BCUT2D eigenvalue weighted by Crippen LogP contribution is -2.37. The predicted octanol–water partition coefficient (Wildman–Crippen LogP) is 2.39. The van der Waals surface area contributed by atoms with Crippen molar-refractivity contribution in [2.24, 2.45) is 0 Å². The minimum atomic E-state index is -0.196. The van der Waals surface area contributed by atoms with Crippen LogP contribution in [0.5, 0.6) is 0 Å². The molecule has 7 nitrogen and oxygen atoms in total. The molecular formula is C17H20BrN5O2. The summed E-state index contributed by atoms with van der Waals surface area (Å²) in [6, 6.07) is 7.19. The summed E-state index contributed by atoms with van der Waals surface area (Å²) in [5.41, 5.74) is 1.15. The molecule has 0 unspecified atom stereocenters. The van der Waals surface area contributed by atoms with Crippen molar-refractivity contribution in [2.75, 3.05) is 55.5 Å². The van der Waals surface area contributed by atoms with Crippen molar-refractivity contribution in [1.29, 1.82) is 0 Å². The molecule has 0 radical (unpaired) electrons. The van der Waals surface area contributed by atoms with Crippen LogP contribution in [-0.2, 0) is 4.74 Å². The minimum Gasteiger partial charge on any atom is -0.378 e. The highest BCUT2D eigenvalue weighted by atomic mass is 79.9. The molecule has 0 saturated carbocycles. The molecule has 25 heavy (non-hydrogen) atoms. The van der Waals surface area contributed by atoms with Crippen LogP contribution >= 0.6 is 15.9 Å². The highest BCUT2D eigenvalue weighted by molar-refractivity contribution is 9.10. The summed E-state index contributed by atoms with van der Waals surface area (Å²) >= 11 is 3.37. The van der Waals surface area contributed by atoms with Crippen LogP contribution in [0, 0.1) is 0 Å². The topological polar surface area (TPSA) is 70.6 Å². The molecule has 2 heterocycles. The Balaban J connectivity index is 1.82. The zero-order valence-electron chi connectivity index (χ0n) is 14.2. The molecule has 1 saturated heterocycles. The Morgan fingerprint density at radius 1 is 1.24 bits per heavy atom. The van der Waals surface area contributed by atoms with Crippen LogP contribution in [0.15, 0.2) is 34.9 Å². The third-order valence-electron chi connectivity index (χ3n) is 3.83. The number of morpholine rings is 1. The second-order valence-corrected chi connectivity index (χ2v) is 6.78. The van der Waals surface area contributed by atoms with Gasteiger partial charge in [-0.25, -0.2) is 4.98 Å². The van der Waals surface area contributed by atoms with Crippen LogP contribution in [0.2, 0.25) is 0 Å². The van der Waals surface area contributed by atoms with Crippen molar-refractivity contribution < 1.29 is 9.53 Å². The number of amides is 1. The fraction of sp³-hybridized carbons (Fsp3) is 0.353. The molecular weight excluding hydrogens is 386 g/mol. The Morgan fingerprint density at radius 3 is 2.56 bits per heavy atom. The fourth-order valence-electron chi connectivity index (χ4n) is 2.50. The van der Waals surface area contributed by atoms with Crippen LogP contribution in [0.1, 0.15) is 10.4 Å². The Morgan fingerprint density at radius 2 is 1.92 bits per heavy atom. The van der Waals surface area contributed by atoms with E-state index in [9.17, 15) is 4.79 Å². The van der Waals surface area contributed by atoms with Crippen molar-refractivity contribution in [3.05, 3.63) is 40.5 Å². The largest absolute Gasteiger partial charge is 0.378 e. The number of halogens is 1. The van der Waals surface area contributed by atoms with Gasteiger partial charge in [0, 0.05) is 37.2 Å². The summed E-state index contributed by atoms with van der Waals surface area (Å²) < 4.78 is 6.29. The molecule has 3 rings (SSSR count). The fourth-order valence-corrected chi connectivity index (χ4v) is 2.77. The molecule has 0 aliphatic carbocycles. The number of nitrogens with zero attached hydrogens (tertiary/aromatic N) is 4. The molecule has 2 aromatic rings. The number of carbonyl (C=O) groups is 1. The number of rotatable bonds is 4. The minimum absolute atomic E-state index is 0.196. The summed E-state index contributed by atoms with van der Waals surface area (Å²) in [4.78, 5) is 25.4. The number of nitrogens with one attached hydrogen (secondary N) is 1. The van der Waals surface area contributed by atoms with E-state index in [4.69, 9.17) is 4.74 Å². The Bertz CT molecular complexity index is 745. The lowest BCUT2D eigenvalue weighted by Gasteiger charge is -2.28. The average molecular weight is 406 g/mol. The maximum Gasteiger partial charge on any atom is 0.255 e. The van der Waals surface area contributed by atoms with Gasteiger partial charge in [-0.05, 0) is 24.3 Å². The number of ether oxygens (including phenoxy) is 1. The van der Waals surface area contributed by atoms with E-state index < -0.39 is 0 Å². The third-order valence-corrected chi connectivity index (χ3v) is 4.36. The van der Waals surface area contributed by atoms with Gasteiger partial charge in [-0.3, -0.25) is 4.79 Å². The number of carbonyl (C=O) groups excluding carboxylic acids is 1. The number of benzene rings is 1. The van der Waals surface area contributed by atoms with E-state index in [-0.39, 0.29) is 5.91 Å². The van der Waals surface area contributed by atoms with Gasteiger partial charge < -0.3 is 19.9 Å². The van der Waals surface area contributed by atoms with Gasteiger partial charge in [-0.15, -0.1) is 0 Å². The molecule has 0 bridgehead atoms. The first-order valence-electron chi connectivity index (χ1n) is 7.98. The highest BCUT2D eigenvalue weighted by Crippen LogP contribution is 2.25. The van der Waals surface area contributed by atoms with Gasteiger partial charge in [0.2, 0.25) is 5.95 Å². The maximum absolute atomic E-state index is 12.5. The Kier molecular flexibility index (Phi) is 5.50. The van der Waals surface area contributed by atoms with E-state index in [1.54, 1.807) is 18.3 Å². The second-order valence-electron chi connectivity index (χ2n) is 5.86. The number of anilines is 3. The Hall–Kier alpha value is -2.19. The molecule has 1 aromatic carbocycles. The molecule has 0 atom stereocenters. The molecule has 1 N–H and O–H groups in total. The van der Waals surface area contributed by atoms with Crippen LogP contribution in [0.4, 0.5) is 17.5 Å². The van der Waals surface area contributed by atoms with Gasteiger partial charge in [0.25, 0.3) is 5.91 Å². The molecule has 0 spiro atoms. The molecule has 8 heteroatoms. The van der Waals surface area contributed by atoms with Gasteiger partial charge in [0.1, 0.15) is 5.69 Å². The maximum atomic E-state index is 12.5. The van der Waals surface area contributed by atoms with Crippen LogP contribution in [0.25, 0.3) is 0 Å². The van der Waals surface area contributed by atoms with Gasteiger partial charge >= 0.3 is 0 Å². The summed E-state index contributed by atoms with van der Waals surface area (Å²) in [7, 11) is 3.78. The second kappa shape index (κ2) is 7.79. The third kappa shape index (κ3) is 4.26. The van der Waals surface area contributed by atoms with E-state index in [0.29, 0.717) is 36.2 Å².